The molecule has 0 radical (unpaired) electrons. The van der Waals surface area contributed by atoms with Crippen LogP contribution in [0.15, 0.2) is 0 Å². The van der Waals surface area contributed by atoms with E-state index in [4.69, 9.17) is 0 Å². The van der Waals surface area contributed by atoms with E-state index < -0.39 is 0 Å². The van der Waals surface area contributed by atoms with E-state index >= 15 is 0 Å². The number of nitrogens with zero attached hydrogens (tertiary/aromatic N) is 1. The fourth-order valence-corrected chi connectivity index (χ4v) is 2.89. The second-order valence-corrected chi connectivity index (χ2v) is 5.63. The predicted octanol–water partition coefficient (Wildman–Crippen LogP) is 2.20. The second kappa shape index (κ2) is 8.43. The first-order valence-corrected chi connectivity index (χ1v) is 7.52. The monoisotopic (exact) mass is 230 g/mol. The fraction of sp³-hybridized carbons (Fsp3) is 1.00. The minimum absolute atomic E-state index is 0.715. The molecule has 0 aromatic rings. The summed E-state index contributed by atoms with van der Waals surface area (Å²) in [4.78, 5) is 2.61. The highest BCUT2D eigenvalue weighted by molar-refractivity contribution is 7.99. The number of hydrogen-bond donors (Lipinski definition) is 1. The molecule has 1 aliphatic heterocycles. The molecule has 0 aromatic heterocycles. The largest absolute Gasteiger partial charge is 0.315 e. The van der Waals surface area contributed by atoms with Gasteiger partial charge in [-0.2, -0.15) is 11.8 Å². The molecule has 1 unspecified atom stereocenters. The standard InChI is InChI=1S/C12H26N2S/c1-3-4-5-6-13-11-12(2)14-7-9-15-10-8-14/h12-13H,3-11H2,1-2H3. The van der Waals surface area contributed by atoms with Crippen LogP contribution < -0.4 is 5.32 Å². The highest BCUT2D eigenvalue weighted by atomic mass is 32.2. The number of thioether (sulfide) groups is 1. The third-order valence-electron chi connectivity index (χ3n) is 3.07. The third-order valence-corrected chi connectivity index (χ3v) is 4.01. The van der Waals surface area contributed by atoms with Gasteiger partial charge in [-0.25, -0.2) is 0 Å². The van der Waals surface area contributed by atoms with Gasteiger partial charge in [-0.15, -0.1) is 0 Å². The summed E-state index contributed by atoms with van der Waals surface area (Å²) in [6.45, 7) is 9.52. The molecule has 1 fully saturated rings. The van der Waals surface area contributed by atoms with Gasteiger partial charge in [-0.3, -0.25) is 4.90 Å². The highest BCUT2D eigenvalue weighted by Gasteiger charge is 2.15. The summed E-state index contributed by atoms with van der Waals surface area (Å²) in [5.74, 6) is 2.64. The molecule has 15 heavy (non-hydrogen) atoms. The van der Waals surface area contributed by atoms with Crippen molar-refractivity contribution in [3.8, 4) is 0 Å². The van der Waals surface area contributed by atoms with Crippen molar-refractivity contribution in [3.63, 3.8) is 0 Å². The average molecular weight is 230 g/mol. The lowest BCUT2D eigenvalue weighted by Crippen LogP contribution is -2.44. The first-order valence-electron chi connectivity index (χ1n) is 6.37. The maximum absolute atomic E-state index is 3.57. The molecule has 0 spiro atoms. The van der Waals surface area contributed by atoms with E-state index in [9.17, 15) is 0 Å². The Balaban J connectivity index is 1.99. The Morgan fingerprint density at radius 1 is 1.27 bits per heavy atom. The Kier molecular flexibility index (Phi) is 7.49. The van der Waals surface area contributed by atoms with Crippen LogP contribution in [0.3, 0.4) is 0 Å². The third kappa shape index (κ3) is 5.79. The molecule has 90 valence electrons. The Morgan fingerprint density at radius 2 is 2.00 bits per heavy atom. The maximum atomic E-state index is 3.57. The van der Waals surface area contributed by atoms with Gasteiger partial charge in [-0.1, -0.05) is 19.8 Å². The Morgan fingerprint density at radius 3 is 2.67 bits per heavy atom. The predicted molar refractivity (Wildman–Crippen MR) is 70.8 cm³/mol. The van der Waals surface area contributed by atoms with E-state index in [1.54, 1.807) is 0 Å². The van der Waals surface area contributed by atoms with Gasteiger partial charge in [0.2, 0.25) is 0 Å². The molecular weight excluding hydrogens is 204 g/mol. The van der Waals surface area contributed by atoms with E-state index in [-0.39, 0.29) is 0 Å². The van der Waals surface area contributed by atoms with Gasteiger partial charge in [0, 0.05) is 37.2 Å². The van der Waals surface area contributed by atoms with Gasteiger partial charge in [0.25, 0.3) is 0 Å². The van der Waals surface area contributed by atoms with Crippen LogP contribution in [0.25, 0.3) is 0 Å². The molecule has 0 aromatic carbocycles. The second-order valence-electron chi connectivity index (χ2n) is 4.41. The molecule has 0 amide bonds. The van der Waals surface area contributed by atoms with Crippen molar-refractivity contribution in [2.24, 2.45) is 0 Å². The molecule has 1 aliphatic rings. The molecule has 0 aliphatic carbocycles. The van der Waals surface area contributed by atoms with Crippen molar-refractivity contribution in [2.45, 2.75) is 39.2 Å². The summed E-state index contributed by atoms with van der Waals surface area (Å²) in [6, 6.07) is 0.715. The van der Waals surface area contributed by atoms with E-state index in [0.717, 1.165) is 6.54 Å². The Labute approximate surface area is 99.2 Å². The van der Waals surface area contributed by atoms with Crippen LogP contribution in [-0.4, -0.2) is 48.6 Å². The molecular formula is C12H26N2S. The zero-order valence-electron chi connectivity index (χ0n) is 10.3. The first-order chi connectivity index (χ1) is 7.34. The van der Waals surface area contributed by atoms with Crippen LogP contribution in [0.5, 0.6) is 0 Å². The Bertz CT molecular complexity index is 147. The Hall–Kier alpha value is 0.270. The van der Waals surface area contributed by atoms with Crippen molar-refractivity contribution in [3.05, 3.63) is 0 Å². The zero-order valence-corrected chi connectivity index (χ0v) is 11.1. The van der Waals surface area contributed by atoms with Crippen LogP contribution in [0.1, 0.15) is 33.1 Å². The van der Waals surface area contributed by atoms with Crippen molar-refractivity contribution in [1.29, 1.82) is 0 Å². The maximum Gasteiger partial charge on any atom is 0.0193 e. The molecule has 2 nitrogen and oxygen atoms in total. The molecule has 1 rings (SSSR count). The van der Waals surface area contributed by atoms with Crippen molar-refractivity contribution in [1.82, 2.24) is 10.2 Å². The topological polar surface area (TPSA) is 15.3 Å². The lowest BCUT2D eigenvalue weighted by atomic mass is 10.2. The summed E-state index contributed by atoms with van der Waals surface area (Å²) in [7, 11) is 0. The van der Waals surface area contributed by atoms with Gasteiger partial charge in [0.05, 0.1) is 0 Å². The minimum Gasteiger partial charge on any atom is -0.315 e. The van der Waals surface area contributed by atoms with Gasteiger partial charge in [-0.05, 0) is 19.9 Å². The van der Waals surface area contributed by atoms with Crippen LogP contribution in [0, 0.1) is 0 Å². The van der Waals surface area contributed by atoms with Crippen LogP contribution >= 0.6 is 11.8 Å². The van der Waals surface area contributed by atoms with Crippen LogP contribution in [0.2, 0.25) is 0 Å². The SMILES string of the molecule is CCCCCNCC(C)N1CCSCC1. The van der Waals surface area contributed by atoms with Crippen molar-refractivity contribution in [2.75, 3.05) is 37.7 Å². The van der Waals surface area contributed by atoms with Crippen molar-refractivity contribution >= 4 is 11.8 Å². The number of hydrogen-bond acceptors (Lipinski definition) is 3. The first kappa shape index (κ1) is 13.3. The number of unbranched alkanes of at least 4 members (excludes halogenated alkanes) is 2. The van der Waals surface area contributed by atoms with Gasteiger partial charge in [0.15, 0.2) is 0 Å². The molecule has 1 heterocycles. The van der Waals surface area contributed by atoms with Gasteiger partial charge in [0.1, 0.15) is 0 Å². The lowest BCUT2D eigenvalue weighted by Gasteiger charge is -2.32. The van der Waals surface area contributed by atoms with E-state index in [1.807, 2.05) is 0 Å². The number of rotatable bonds is 7. The van der Waals surface area contributed by atoms with Gasteiger partial charge < -0.3 is 5.32 Å². The summed E-state index contributed by atoms with van der Waals surface area (Å²) in [5, 5.41) is 3.57. The van der Waals surface area contributed by atoms with E-state index in [1.165, 1.54) is 50.4 Å². The highest BCUT2D eigenvalue weighted by Crippen LogP contribution is 2.11. The molecule has 0 saturated carbocycles. The average Bonchev–Trinajstić information content (AvgIpc) is 2.30. The summed E-state index contributed by atoms with van der Waals surface area (Å²) in [6.07, 6.45) is 4.02. The number of nitrogens with one attached hydrogen (secondary N) is 1. The molecule has 1 N–H and O–H groups in total. The van der Waals surface area contributed by atoms with Gasteiger partial charge >= 0.3 is 0 Å². The van der Waals surface area contributed by atoms with Crippen LogP contribution in [-0.2, 0) is 0 Å². The summed E-state index contributed by atoms with van der Waals surface area (Å²) < 4.78 is 0. The van der Waals surface area contributed by atoms with E-state index in [2.05, 4.69) is 35.8 Å². The smallest absolute Gasteiger partial charge is 0.0193 e. The summed E-state index contributed by atoms with van der Waals surface area (Å²) >= 11 is 2.09. The molecule has 3 heteroatoms. The van der Waals surface area contributed by atoms with Crippen molar-refractivity contribution < 1.29 is 0 Å². The van der Waals surface area contributed by atoms with E-state index in [0.29, 0.717) is 6.04 Å². The quantitative estimate of drug-likeness (QED) is 0.675. The lowest BCUT2D eigenvalue weighted by molar-refractivity contribution is 0.225. The molecule has 0 bridgehead atoms. The fourth-order valence-electron chi connectivity index (χ4n) is 1.96. The molecule has 1 saturated heterocycles. The summed E-state index contributed by atoms with van der Waals surface area (Å²) in [5.41, 5.74) is 0. The normalized spacial score (nSPS) is 20.4. The zero-order chi connectivity index (χ0) is 10.9. The molecule has 1 atom stereocenters. The van der Waals surface area contributed by atoms with Crippen LogP contribution in [0.4, 0.5) is 0 Å². The minimum atomic E-state index is 0.715.